The fourth-order valence-electron chi connectivity index (χ4n) is 2.39. The summed E-state index contributed by atoms with van der Waals surface area (Å²) in [5.41, 5.74) is -0.195. The summed E-state index contributed by atoms with van der Waals surface area (Å²) in [6.07, 6.45) is 3.59. The van der Waals surface area contributed by atoms with Crippen LogP contribution in [0.3, 0.4) is 0 Å². The van der Waals surface area contributed by atoms with E-state index in [4.69, 9.17) is 4.74 Å². The molecule has 0 spiro atoms. The smallest absolute Gasteiger partial charge is 0.407 e. The predicted octanol–water partition coefficient (Wildman–Crippen LogP) is 1.66. The second-order valence-corrected chi connectivity index (χ2v) is 6.82. The molecule has 1 heterocycles. The van der Waals surface area contributed by atoms with E-state index < -0.39 is 17.1 Å². The van der Waals surface area contributed by atoms with Gasteiger partial charge in [-0.15, -0.1) is 5.10 Å². The summed E-state index contributed by atoms with van der Waals surface area (Å²) in [7, 11) is 1.80. The van der Waals surface area contributed by atoms with Crippen LogP contribution in [0.2, 0.25) is 0 Å². The molecule has 22 heavy (non-hydrogen) atoms. The number of rotatable bonds is 7. The molecule has 1 rings (SSSR count). The summed E-state index contributed by atoms with van der Waals surface area (Å²) in [5, 5.41) is 20.6. The fraction of sp³-hybridized carbons (Fsp3) is 0.800. The third kappa shape index (κ3) is 6.01. The molecule has 1 aromatic heterocycles. The molecular weight excluding hydrogens is 284 g/mol. The highest BCUT2D eigenvalue weighted by atomic mass is 16.6. The zero-order valence-corrected chi connectivity index (χ0v) is 14.2. The van der Waals surface area contributed by atoms with E-state index in [0.717, 1.165) is 18.5 Å². The van der Waals surface area contributed by atoms with Crippen LogP contribution in [0.25, 0.3) is 0 Å². The second kappa shape index (κ2) is 7.58. The molecule has 7 heteroatoms. The summed E-state index contributed by atoms with van der Waals surface area (Å²) in [5.74, 6) is 0. The van der Waals surface area contributed by atoms with Crippen LogP contribution >= 0.6 is 0 Å². The van der Waals surface area contributed by atoms with Crippen molar-refractivity contribution in [3.05, 3.63) is 11.9 Å². The molecule has 0 bridgehead atoms. The quantitative estimate of drug-likeness (QED) is 0.799. The second-order valence-electron chi connectivity index (χ2n) is 6.82. The van der Waals surface area contributed by atoms with Crippen molar-refractivity contribution < 1.29 is 14.6 Å². The maximum absolute atomic E-state index is 11.8. The normalized spacial score (nSPS) is 14.5. The van der Waals surface area contributed by atoms with Gasteiger partial charge in [-0.1, -0.05) is 18.6 Å². The molecule has 0 saturated heterocycles. The lowest BCUT2D eigenvalue weighted by Crippen LogP contribution is -2.43. The minimum absolute atomic E-state index is 0.0345. The van der Waals surface area contributed by atoms with E-state index in [-0.39, 0.29) is 6.61 Å². The molecule has 0 saturated carbocycles. The van der Waals surface area contributed by atoms with Gasteiger partial charge >= 0.3 is 6.09 Å². The number of aromatic nitrogens is 3. The number of aliphatic hydroxyl groups excluding tert-OH is 1. The molecule has 0 fully saturated rings. The standard InChI is InChI=1S/C15H28N4O3/c1-6-7-15(11-20,8-12-9-19(5)18-17-12)10-16-13(21)22-14(2,3)4/h9,20H,6-8,10-11H2,1-5H3,(H,16,21). The largest absolute Gasteiger partial charge is 0.444 e. The zero-order chi connectivity index (χ0) is 16.8. The number of carbonyl (C=O) groups excluding carboxylic acids is 1. The predicted molar refractivity (Wildman–Crippen MR) is 83.4 cm³/mol. The minimum Gasteiger partial charge on any atom is -0.444 e. The van der Waals surface area contributed by atoms with Gasteiger partial charge in [0.05, 0.1) is 12.3 Å². The van der Waals surface area contributed by atoms with Crippen molar-refractivity contribution in [1.29, 1.82) is 0 Å². The third-order valence-electron chi connectivity index (χ3n) is 3.33. The number of aryl methyl sites for hydroxylation is 1. The lowest BCUT2D eigenvalue weighted by atomic mass is 9.80. The molecule has 0 aliphatic carbocycles. The van der Waals surface area contributed by atoms with Gasteiger partial charge in [0.25, 0.3) is 0 Å². The molecule has 1 unspecified atom stereocenters. The van der Waals surface area contributed by atoms with Gasteiger partial charge < -0.3 is 15.2 Å². The molecule has 1 amide bonds. The van der Waals surface area contributed by atoms with Crippen LogP contribution in [0.4, 0.5) is 4.79 Å². The number of ether oxygens (including phenoxy) is 1. The van der Waals surface area contributed by atoms with Crippen molar-refractivity contribution in [2.45, 2.75) is 52.6 Å². The molecule has 2 N–H and O–H groups in total. The van der Waals surface area contributed by atoms with E-state index in [1.165, 1.54) is 0 Å². The Balaban J connectivity index is 2.72. The summed E-state index contributed by atoms with van der Waals surface area (Å²) < 4.78 is 6.88. The average Bonchev–Trinajstić information content (AvgIpc) is 2.79. The van der Waals surface area contributed by atoms with Gasteiger partial charge in [0.15, 0.2) is 0 Å². The number of aliphatic hydroxyl groups is 1. The zero-order valence-electron chi connectivity index (χ0n) is 14.2. The van der Waals surface area contributed by atoms with Gasteiger partial charge in [-0.05, 0) is 27.2 Å². The van der Waals surface area contributed by atoms with E-state index in [1.54, 1.807) is 11.7 Å². The topological polar surface area (TPSA) is 89.3 Å². The van der Waals surface area contributed by atoms with Crippen LogP contribution in [0.1, 0.15) is 46.2 Å². The first-order valence-electron chi connectivity index (χ1n) is 7.62. The monoisotopic (exact) mass is 312 g/mol. The third-order valence-corrected chi connectivity index (χ3v) is 3.33. The van der Waals surface area contributed by atoms with Gasteiger partial charge in [0.1, 0.15) is 5.60 Å². The van der Waals surface area contributed by atoms with E-state index in [2.05, 4.69) is 22.6 Å². The molecule has 1 aromatic rings. The Labute approximate surface area is 132 Å². The average molecular weight is 312 g/mol. The van der Waals surface area contributed by atoms with Crippen molar-refractivity contribution in [3.63, 3.8) is 0 Å². The Kier molecular flexibility index (Phi) is 6.34. The van der Waals surface area contributed by atoms with E-state index in [1.807, 2.05) is 27.0 Å². The van der Waals surface area contributed by atoms with Crippen molar-refractivity contribution >= 4 is 6.09 Å². The van der Waals surface area contributed by atoms with Crippen LogP contribution in [-0.2, 0) is 18.2 Å². The van der Waals surface area contributed by atoms with E-state index in [0.29, 0.717) is 13.0 Å². The molecule has 0 aliphatic rings. The van der Waals surface area contributed by atoms with E-state index in [9.17, 15) is 9.90 Å². The minimum atomic E-state index is -0.540. The molecule has 126 valence electrons. The van der Waals surface area contributed by atoms with Crippen molar-refractivity contribution in [1.82, 2.24) is 20.3 Å². The van der Waals surface area contributed by atoms with Gasteiger partial charge in [-0.3, -0.25) is 4.68 Å². The van der Waals surface area contributed by atoms with Crippen molar-refractivity contribution in [3.8, 4) is 0 Å². The lowest BCUT2D eigenvalue weighted by Gasteiger charge is -2.31. The number of nitrogens with zero attached hydrogens (tertiary/aromatic N) is 3. The molecule has 7 nitrogen and oxygen atoms in total. The first kappa shape index (κ1) is 18.4. The number of hydrogen-bond donors (Lipinski definition) is 2. The summed E-state index contributed by atoms with van der Waals surface area (Å²) in [4.78, 5) is 11.8. The number of nitrogens with one attached hydrogen (secondary N) is 1. The molecule has 0 radical (unpaired) electrons. The number of hydrogen-bond acceptors (Lipinski definition) is 5. The highest BCUT2D eigenvalue weighted by Crippen LogP contribution is 2.27. The highest BCUT2D eigenvalue weighted by molar-refractivity contribution is 5.67. The van der Waals surface area contributed by atoms with Gasteiger partial charge in [0, 0.05) is 31.6 Å². The van der Waals surface area contributed by atoms with Crippen LogP contribution in [0.5, 0.6) is 0 Å². The fourth-order valence-corrected chi connectivity index (χ4v) is 2.39. The molecule has 1 atom stereocenters. The van der Waals surface area contributed by atoms with Crippen LogP contribution in [0, 0.1) is 5.41 Å². The van der Waals surface area contributed by atoms with Crippen LogP contribution < -0.4 is 5.32 Å². The highest BCUT2D eigenvalue weighted by Gasteiger charge is 2.31. The lowest BCUT2D eigenvalue weighted by molar-refractivity contribution is 0.0454. The van der Waals surface area contributed by atoms with Gasteiger partial charge in [-0.25, -0.2) is 4.79 Å². The Morgan fingerprint density at radius 3 is 2.59 bits per heavy atom. The molecule has 0 aromatic carbocycles. The number of alkyl carbamates (subject to hydrolysis) is 1. The Morgan fingerprint density at radius 2 is 2.14 bits per heavy atom. The van der Waals surface area contributed by atoms with Gasteiger partial charge in [-0.2, -0.15) is 0 Å². The first-order valence-corrected chi connectivity index (χ1v) is 7.62. The summed E-state index contributed by atoms with van der Waals surface area (Å²) in [6.45, 7) is 7.80. The maximum Gasteiger partial charge on any atom is 0.407 e. The Bertz CT molecular complexity index is 481. The van der Waals surface area contributed by atoms with Crippen molar-refractivity contribution in [2.75, 3.05) is 13.2 Å². The number of amides is 1. The summed E-state index contributed by atoms with van der Waals surface area (Å²) >= 11 is 0. The molecular formula is C15H28N4O3. The van der Waals surface area contributed by atoms with Gasteiger partial charge in [0.2, 0.25) is 0 Å². The Hall–Kier alpha value is -1.63. The SMILES string of the molecule is CCCC(CO)(CNC(=O)OC(C)(C)C)Cc1cn(C)nn1. The number of carbonyl (C=O) groups is 1. The van der Waals surface area contributed by atoms with Crippen LogP contribution in [-0.4, -0.2) is 44.9 Å². The first-order chi connectivity index (χ1) is 10.2. The van der Waals surface area contributed by atoms with Crippen LogP contribution in [0.15, 0.2) is 6.20 Å². The molecule has 0 aliphatic heterocycles. The van der Waals surface area contributed by atoms with E-state index >= 15 is 0 Å². The Morgan fingerprint density at radius 1 is 1.45 bits per heavy atom. The van der Waals surface area contributed by atoms with Crippen molar-refractivity contribution in [2.24, 2.45) is 12.5 Å². The summed E-state index contributed by atoms with van der Waals surface area (Å²) in [6, 6.07) is 0. The maximum atomic E-state index is 11.8.